The van der Waals surface area contributed by atoms with Gasteiger partial charge in [0.25, 0.3) is 5.69 Å². The van der Waals surface area contributed by atoms with Crippen LogP contribution in [0.1, 0.15) is 5.56 Å². The van der Waals surface area contributed by atoms with Gasteiger partial charge in [-0.25, -0.2) is 4.99 Å². The number of nitrogens with zero attached hydrogens (tertiary/aromatic N) is 2. The van der Waals surface area contributed by atoms with Crippen molar-refractivity contribution >= 4 is 28.3 Å². The van der Waals surface area contributed by atoms with Crippen LogP contribution >= 0.6 is 11.8 Å². The highest BCUT2D eigenvalue weighted by Gasteiger charge is 2.04. The molecule has 0 heterocycles. The predicted molar refractivity (Wildman–Crippen MR) is 88.7 cm³/mol. The molecule has 0 aromatic heterocycles. The molecule has 0 saturated carbocycles. The van der Waals surface area contributed by atoms with E-state index >= 15 is 0 Å². The summed E-state index contributed by atoms with van der Waals surface area (Å²) in [6.45, 7) is 0. The quantitative estimate of drug-likeness (QED) is 0.394. The third-order valence-corrected chi connectivity index (χ3v) is 3.71. The maximum atomic E-state index is 10.6. The van der Waals surface area contributed by atoms with Gasteiger partial charge in [-0.05, 0) is 29.8 Å². The highest BCUT2D eigenvalue weighted by atomic mass is 32.2. The molecule has 0 fully saturated rings. The number of amidine groups is 1. The van der Waals surface area contributed by atoms with Gasteiger partial charge in [-0.1, -0.05) is 23.9 Å². The van der Waals surface area contributed by atoms with Crippen LogP contribution in [0.3, 0.4) is 0 Å². The number of hydrogen-bond acceptors (Lipinski definition) is 5. The van der Waals surface area contributed by atoms with Crippen LogP contribution in [0.4, 0.5) is 11.4 Å². The van der Waals surface area contributed by atoms with Crippen molar-refractivity contribution in [2.45, 2.75) is 5.75 Å². The molecular formula is C15H15N3O3S. The van der Waals surface area contributed by atoms with E-state index in [2.05, 4.69) is 4.99 Å². The van der Waals surface area contributed by atoms with Crippen molar-refractivity contribution in [1.82, 2.24) is 0 Å². The van der Waals surface area contributed by atoms with Gasteiger partial charge in [0.1, 0.15) is 5.75 Å². The van der Waals surface area contributed by atoms with E-state index in [1.54, 1.807) is 19.2 Å². The number of rotatable bonds is 5. The summed E-state index contributed by atoms with van der Waals surface area (Å²) in [5.41, 5.74) is 7.65. The minimum atomic E-state index is -0.420. The molecule has 0 atom stereocenters. The van der Waals surface area contributed by atoms with E-state index in [0.717, 1.165) is 17.0 Å². The van der Waals surface area contributed by atoms with Gasteiger partial charge in [-0.15, -0.1) is 0 Å². The number of nitro groups is 1. The lowest BCUT2D eigenvalue weighted by atomic mass is 10.2. The standard InChI is InChI=1S/C15H15N3O3S/c1-21-14-8-4-12(5-9-14)17-15(16)22-10-11-2-6-13(7-3-11)18(19)20/h2-9H,10H2,1H3,(H2,16,17). The Morgan fingerprint density at radius 3 is 2.41 bits per heavy atom. The van der Waals surface area contributed by atoms with Crippen molar-refractivity contribution < 1.29 is 9.66 Å². The molecule has 0 amide bonds. The summed E-state index contributed by atoms with van der Waals surface area (Å²) >= 11 is 1.38. The van der Waals surface area contributed by atoms with Crippen molar-refractivity contribution in [3.05, 3.63) is 64.2 Å². The van der Waals surface area contributed by atoms with Gasteiger partial charge in [0, 0.05) is 17.9 Å². The molecule has 0 saturated heterocycles. The van der Waals surface area contributed by atoms with Crippen molar-refractivity contribution in [2.75, 3.05) is 7.11 Å². The van der Waals surface area contributed by atoms with E-state index in [4.69, 9.17) is 10.5 Å². The van der Waals surface area contributed by atoms with Crippen molar-refractivity contribution in [1.29, 1.82) is 0 Å². The van der Waals surface area contributed by atoms with E-state index in [-0.39, 0.29) is 5.69 Å². The molecule has 0 spiro atoms. The van der Waals surface area contributed by atoms with Crippen molar-refractivity contribution in [2.24, 2.45) is 10.7 Å². The van der Waals surface area contributed by atoms with Gasteiger partial charge in [0.2, 0.25) is 0 Å². The van der Waals surface area contributed by atoms with Crippen LogP contribution in [0.25, 0.3) is 0 Å². The molecule has 0 aliphatic rings. The van der Waals surface area contributed by atoms with Gasteiger partial charge in [0.15, 0.2) is 5.17 Å². The Hall–Kier alpha value is -2.54. The SMILES string of the molecule is COc1ccc(N=C(N)SCc2ccc([N+](=O)[O-])cc2)cc1. The first kappa shape index (κ1) is 15.8. The Bertz CT molecular complexity index is 669. The monoisotopic (exact) mass is 317 g/mol. The van der Waals surface area contributed by atoms with Gasteiger partial charge in [0.05, 0.1) is 17.7 Å². The zero-order chi connectivity index (χ0) is 15.9. The molecule has 114 valence electrons. The topological polar surface area (TPSA) is 90.8 Å². The normalized spacial score (nSPS) is 11.2. The lowest BCUT2D eigenvalue weighted by Gasteiger charge is -2.03. The Morgan fingerprint density at radius 2 is 1.86 bits per heavy atom. The Balaban J connectivity index is 1.94. The largest absolute Gasteiger partial charge is 0.497 e. The number of nitrogens with two attached hydrogens (primary N) is 1. The summed E-state index contributed by atoms with van der Waals surface area (Å²) < 4.78 is 5.07. The molecule has 0 unspecified atom stereocenters. The lowest BCUT2D eigenvalue weighted by Crippen LogP contribution is -2.06. The summed E-state index contributed by atoms with van der Waals surface area (Å²) in [6.07, 6.45) is 0. The smallest absolute Gasteiger partial charge is 0.269 e. The van der Waals surface area contributed by atoms with Gasteiger partial charge in [-0.2, -0.15) is 0 Å². The summed E-state index contributed by atoms with van der Waals surface area (Å²) in [6, 6.07) is 13.6. The maximum Gasteiger partial charge on any atom is 0.269 e. The second-order valence-corrected chi connectivity index (χ2v) is 5.36. The molecule has 0 aliphatic heterocycles. The number of non-ortho nitro benzene ring substituents is 1. The van der Waals surface area contributed by atoms with Gasteiger partial charge >= 0.3 is 0 Å². The van der Waals surface area contributed by atoms with E-state index in [9.17, 15) is 10.1 Å². The van der Waals surface area contributed by atoms with Crippen LogP contribution in [0.2, 0.25) is 0 Å². The molecule has 2 N–H and O–H groups in total. The first-order valence-corrected chi connectivity index (χ1v) is 7.41. The summed E-state index contributed by atoms with van der Waals surface area (Å²) in [4.78, 5) is 14.4. The number of methoxy groups -OCH3 is 1. The second-order valence-electron chi connectivity index (χ2n) is 4.36. The molecule has 6 nitrogen and oxygen atoms in total. The molecule has 2 aromatic carbocycles. The number of hydrogen-bond donors (Lipinski definition) is 1. The lowest BCUT2D eigenvalue weighted by molar-refractivity contribution is -0.384. The number of aliphatic imine (C=N–C) groups is 1. The minimum Gasteiger partial charge on any atom is -0.497 e. The van der Waals surface area contributed by atoms with E-state index in [1.807, 2.05) is 24.3 Å². The molecule has 0 aliphatic carbocycles. The molecule has 0 bridgehead atoms. The zero-order valence-corrected chi connectivity index (χ0v) is 12.7. The molecule has 0 radical (unpaired) electrons. The minimum absolute atomic E-state index is 0.0774. The van der Waals surface area contributed by atoms with Crippen molar-refractivity contribution in [3.8, 4) is 5.75 Å². The van der Waals surface area contributed by atoms with Crippen LogP contribution < -0.4 is 10.5 Å². The van der Waals surface area contributed by atoms with Crippen LogP contribution in [0, 0.1) is 10.1 Å². The second kappa shape index (κ2) is 7.46. The third kappa shape index (κ3) is 4.49. The van der Waals surface area contributed by atoms with Crippen LogP contribution in [0.5, 0.6) is 5.75 Å². The fourth-order valence-corrected chi connectivity index (χ4v) is 2.36. The molecule has 2 rings (SSSR count). The highest BCUT2D eigenvalue weighted by molar-refractivity contribution is 8.13. The van der Waals surface area contributed by atoms with Crippen molar-refractivity contribution in [3.63, 3.8) is 0 Å². The highest BCUT2D eigenvalue weighted by Crippen LogP contribution is 2.21. The van der Waals surface area contributed by atoms with E-state index in [0.29, 0.717) is 10.9 Å². The first-order chi connectivity index (χ1) is 10.6. The molecule has 2 aromatic rings. The fraction of sp³-hybridized carbons (Fsp3) is 0.133. The first-order valence-electron chi connectivity index (χ1n) is 6.43. The number of ether oxygens (including phenoxy) is 1. The average Bonchev–Trinajstić information content (AvgIpc) is 2.54. The number of thioether (sulfide) groups is 1. The van der Waals surface area contributed by atoms with Crippen LogP contribution in [-0.4, -0.2) is 17.2 Å². The number of benzene rings is 2. The van der Waals surface area contributed by atoms with Gasteiger partial charge < -0.3 is 10.5 Å². The van der Waals surface area contributed by atoms with Gasteiger partial charge in [-0.3, -0.25) is 10.1 Å². The Kier molecular flexibility index (Phi) is 5.37. The fourth-order valence-electron chi connectivity index (χ4n) is 1.69. The molecule has 22 heavy (non-hydrogen) atoms. The van der Waals surface area contributed by atoms with E-state index < -0.39 is 4.92 Å². The zero-order valence-electron chi connectivity index (χ0n) is 11.9. The predicted octanol–water partition coefficient (Wildman–Crippen LogP) is 3.48. The summed E-state index contributed by atoms with van der Waals surface area (Å²) in [5.74, 6) is 1.36. The number of nitro benzene ring substituents is 1. The third-order valence-electron chi connectivity index (χ3n) is 2.85. The average molecular weight is 317 g/mol. The van der Waals surface area contributed by atoms with E-state index in [1.165, 1.54) is 23.9 Å². The molecular weight excluding hydrogens is 302 g/mol. The summed E-state index contributed by atoms with van der Waals surface area (Å²) in [7, 11) is 1.60. The van der Waals surface area contributed by atoms with Crippen LogP contribution in [0.15, 0.2) is 53.5 Å². The summed E-state index contributed by atoms with van der Waals surface area (Å²) in [5, 5.41) is 11.0. The maximum absolute atomic E-state index is 10.6. The van der Waals surface area contributed by atoms with Crippen LogP contribution in [-0.2, 0) is 5.75 Å². The Morgan fingerprint density at radius 1 is 1.23 bits per heavy atom. The Labute approximate surface area is 132 Å². The molecule has 7 heteroatoms.